The molecular weight excluding hydrogens is 262 g/mol. The van der Waals surface area contributed by atoms with Crippen LogP contribution in [0.25, 0.3) is 0 Å². The van der Waals surface area contributed by atoms with E-state index in [4.69, 9.17) is 5.11 Å². The Kier molecular flexibility index (Phi) is 4.94. The number of piperidine rings is 1. The van der Waals surface area contributed by atoms with E-state index in [1.807, 2.05) is 0 Å². The van der Waals surface area contributed by atoms with Crippen LogP contribution in [0.3, 0.4) is 0 Å². The van der Waals surface area contributed by atoms with Crippen LogP contribution in [-0.4, -0.2) is 60.0 Å². The number of rotatable bonds is 5. The zero-order chi connectivity index (χ0) is 14.5. The van der Waals surface area contributed by atoms with Crippen molar-refractivity contribution in [3.63, 3.8) is 0 Å². The molecule has 7 heteroatoms. The van der Waals surface area contributed by atoms with Gasteiger partial charge in [0, 0.05) is 26.1 Å². The highest BCUT2D eigenvalue weighted by molar-refractivity contribution is 5.90. The molecule has 0 radical (unpaired) electrons. The van der Waals surface area contributed by atoms with Gasteiger partial charge in [-0.1, -0.05) is 0 Å². The first kappa shape index (κ1) is 14.8. The SMILES string of the molecule is O=C(O)CNCC1CCCN(C(=O)[C@H]2CCC(=O)N2)C1. The first-order valence-corrected chi connectivity index (χ1v) is 7.07. The minimum absolute atomic E-state index is 0.00113. The van der Waals surface area contributed by atoms with E-state index in [1.54, 1.807) is 4.90 Å². The fraction of sp³-hybridized carbons (Fsp3) is 0.769. The third-order valence-electron chi connectivity index (χ3n) is 3.83. The monoisotopic (exact) mass is 283 g/mol. The summed E-state index contributed by atoms with van der Waals surface area (Å²) in [5, 5.41) is 14.2. The molecule has 2 aliphatic heterocycles. The van der Waals surface area contributed by atoms with Crippen molar-refractivity contribution in [2.24, 2.45) is 5.92 Å². The molecule has 0 bridgehead atoms. The standard InChI is InChI=1S/C13H21N3O4/c17-11-4-3-10(15-11)13(20)16-5-1-2-9(8-16)6-14-7-12(18)19/h9-10,14H,1-8H2,(H,15,17)(H,18,19)/t9?,10-/m1/s1. The van der Waals surface area contributed by atoms with Crippen molar-refractivity contribution in [2.45, 2.75) is 31.7 Å². The predicted molar refractivity (Wildman–Crippen MR) is 71.0 cm³/mol. The van der Waals surface area contributed by atoms with Crippen LogP contribution < -0.4 is 10.6 Å². The number of aliphatic carboxylic acids is 1. The molecule has 2 aliphatic rings. The number of likely N-dealkylation sites (tertiary alicyclic amines) is 1. The lowest BCUT2D eigenvalue weighted by molar-refractivity contribution is -0.137. The summed E-state index contributed by atoms with van der Waals surface area (Å²) in [7, 11) is 0. The minimum Gasteiger partial charge on any atom is -0.480 e. The summed E-state index contributed by atoms with van der Waals surface area (Å²) in [4.78, 5) is 35.7. The molecule has 3 N–H and O–H groups in total. The van der Waals surface area contributed by atoms with E-state index >= 15 is 0 Å². The number of amides is 2. The van der Waals surface area contributed by atoms with E-state index in [-0.39, 0.29) is 30.3 Å². The van der Waals surface area contributed by atoms with Gasteiger partial charge in [-0.25, -0.2) is 0 Å². The average molecular weight is 283 g/mol. The number of nitrogens with zero attached hydrogens (tertiary/aromatic N) is 1. The summed E-state index contributed by atoms with van der Waals surface area (Å²) in [6.07, 6.45) is 2.92. The van der Waals surface area contributed by atoms with Crippen molar-refractivity contribution in [3.05, 3.63) is 0 Å². The summed E-state index contributed by atoms with van der Waals surface area (Å²) in [5.74, 6) is -0.648. The number of carboxylic acid groups (broad SMARTS) is 1. The van der Waals surface area contributed by atoms with Gasteiger partial charge in [-0.15, -0.1) is 0 Å². The number of carbonyl (C=O) groups excluding carboxylic acids is 2. The van der Waals surface area contributed by atoms with Crippen LogP contribution in [0.4, 0.5) is 0 Å². The lowest BCUT2D eigenvalue weighted by Crippen LogP contribution is -2.49. The van der Waals surface area contributed by atoms with Crippen LogP contribution in [0, 0.1) is 5.92 Å². The Morgan fingerprint density at radius 2 is 2.20 bits per heavy atom. The Morgan fingerprint density at radius 1 is 1.40 bits per heavy atom. The Labute approximate surface area is 117 Å². The number of hydrogen-bond acceptors (Lipinski definition) is 4. The number of carboxylic acids is 1. The first-order valence-electron chi connectivity index (χ1n) is 7.07. The van der Waals surface area contributed by atoms with Crippen molar-refractivity contribution in [3.8, 4) is 0 Å². The van der Waals surface area contributed by atoms with E-state index in [1.165, 1.54) is 0 Å². The Hall–Kier alpha value is -1.63. The zero-order valence-corrected chi connectivity index (χ0v) is 11.4. The molecule has 2 heterocycles. The van der Waals surface area contributed by atoms with Gasteiger partial charge in [0.25, 0.3) is 0 Å². The molecule has 0 aromatic carbocycles. The molecule has 0 aliphatic carbocycles. The Morgan fingerprint density at radius 3 is 2.85 bits per heavy atom. The molecule has 2 fully saturated rings. The summed E-state index contributed by atoms with van der Waals surface area (Å²) < 4.78 is 0. The summed E-state index contributed by atoms with van der Waals surface area (Å²) in [6.45, 7) is 1.91. The second-order valence-electron chi connectivity index (χ2n) is 5.48. The molecule has 0 spiro atoms. The fourth-order valence-electron chi connectivity index (χ4n) is 2.83. The van der Waals surface area contributed by atoms with Crippen molar-refractivity contribution >= 4 is 17.8 Å². The summed E-state index contributed by atoms with van der Waals surface area (Å²) >= 11 is 0. The number of hydrogen-bond donors (Lipinski definition) is 3. The van der Waals surface area contributed by atoms with E-state index in [2.05, 4.69) is 10.6 Å². The maximum Gasteiger partial charge on any atom is 0.317 e. The lowest BCUT2D eigenvalue weighted by Gasteiger charge is -2.34. The van der Waals surface area contributed by atoms with E-state index in [0.717, 1.165) is 19.4 Å². The fourth-order valence-corrected chi connectivity index (χ4v) is 2.83. The molecule has 2 atom stereocenters. The largest absolute Gasteiger partial charge is 0.480 e. The normalized spacial score (nSPS) is 26.4. The third-order valence-corrected chi connectivity index (χ3v) is 3.83. The summed E-state index contributed by atoms with van der Waals surface area (Å²) in [6, 6.07) is -0.367. The van der Waals surface area contributed by atoms with Gasteiger partial charge in [0.15, 0.2) is 0 Å². The van der Waals surface area contributed by atoms with Crippen molar-refractivity contribution in [1.82, 2.24) is 15.5 Å². The minimum atomic E-state index is -0.873. The van der Waals surface area contributed by atoms with Crippen LogP contribution >= 0.6 is 0 Å². The number of carbonyl (C=O) groups is 3. The lowest BCUT2D eigenvalue weighted by atomic mass is 9.97. The molecule has 0 aromatic heterocycles. The summed E-state index contributed by atoms with van der Waals surface area (Å²) in [5.41, 5.74) is 0. The van der Waals surface area contributed by atoms with Gasteiger partial charge in [0.05, 0.1) is 6.54 Å². The van der Waals surface area contributed by atoms with E-state index in [0.29, 0.717) is 25.9 Å². The average Bonchev–Trinajstić information content (AvgIpc) is 2.84. The maximum atomic E-state index is 12.3. The van der Waals surface area contributed by atoms with Gasteiger partial charge >= 0.3 is 5.97 Å². The van der Waals surface area contributed by atoms with Crippen molar-refractivity contribution in [2.75, 3.05) is 26.2 Å². The first-order chi connectivity index (χ1) is 9.56. The van der Waals surface area contributed by atoms with Crippen molar-refractivity contribution < 1.29 is 19.5 Å². The van der Waals surface area contributed by atoms with Gasteiger partial charge in [-0.05, 0) is 25.2 Å². The van der Waals surface area contributed by atoms with Crippen LogP contribution in [0.5, 0.6) is 0 Å². The van der Waals surface area contributed by atoms with Crippen LogP contribution in [0.1, 0.15) is 25.7 Å². The Bertz CT molecular complexity index is 399. The second-order valence-corrected chi connectivity index (χ2v) is 5.48. The molecule has 7 nitrogen and oxygen atoms in total. The molecule has 112 valence electrons. The molecule has 1 unspecified atom stereocenters. The predicted octanol–water partition coefficient (Wildman–Crippen LogP) is -0.822. The molecule has 0 saturated carbocycles. The van der Waals surface area contributed by atoms with Crippen LogP contribution in [-0.2, 0) is 14.4 Å². The van der Waals surface area contributed by atoms with Crippen LogP contribution in [0.15, 0.2) is 0 Å². The number of nitrogens with one attached hydrogen (secondary N) is 2. The van der Waals surface area contributed by atoms with E-state index < -0.39 is 5.97 Å². The molecule has 2 amide bonds. The second kappa shape index (κ2) is 6.69. The molecule has 2 rings (SSSR count). The molecule has 0 aromatic rings. The van der Waals surface area contributed by atoms with Gasteiger partial charge in [0.1, 0.15) is 6.04 Å². The van der Waals surface area contributed by atoms with Gasteiger partial charge in [0.2, 0.25) is 11.8 Å². The molecule has 20 heavy (non-hydrogen) atoms. The third kappa shape index (κ3) is 3.93. The zero-order valence-electron chi connectivity index (χ0n) is 11.4. The van der Waals surface area contributed by atoms with Crippen molar-refractivity contribution in [1.29, 1.82) is 0 Å². The topological polar surface area (TPSA) is 98.7 Å². The highest BCUT2D eigenvalue weighted by Gasteiger charge is 2.32. The quantitative estimate of drug-likeness (QED) is 0.612. The highest BCUT2D eigenvalue weighted by atomic mass is 16.4. The molecule has 2 saturated heterocycles. The van der Waals surface area contributed by atoms with Gasteiger partial charge < -0.3 is 20.6 Å². The van der Waals surface area contributed by atoms with Crippen LogP contribution in [0.2, 0.25) is 0 Å². The smallest absolute Gasteiger partial charge is 0.317 e. The maximum absolute atomic E-state index is 12.3. The molecular formula is C13H21N3O4. The van der Waals surface area contributed by atoms with E-state index in [9.17, 15) is 14.4 Å². The van der Waals surface area contributed by atoms with Gasteiger partial charge in [-0.3, -0.25) is 14.4 Å². The van der Waals surface area contributed by atoms with Gasteiger partial charge in [-0.2, -0.15) is 0 Å². The highest BCUT2D eigenvalue weighted by Crippen LogP contribution is 2.18. The Balaban J connectivity index is 1.79.